The summed E-state index contributed by atoms with van der Waals surface area (Å²) in [7, 11) is 0. The Bertz CT molecular complexity index is 2470. The number of hydrogen-bond acceptors (Lipinski definition) is 2. The molecule has 0 aliphatic heterocycles. The van der Waals surface area contributed by atoms with Crippen molar-refractivity contribution in [3.63, 3.8) is 0 Å². The Morgan fingerprint density at radius 2 is 0.780 bits per heavy atom. The van der Waals surface area contributed by atoms with E-state index in [0.717, 1.165) is 50.1 Å². The predicted molar refractivity (Wildman–Crippen MR) is 210 cm³/mol. The number of benzene rings is 8. The molecule has 9 rings (SSSR count). The lowest BCUT2D eigenvalue weighted by molar-refractivity contribution is 0.669. The summed E-state index contributed by atoms with van der Waals surface area (Å²) in [5.41, 5.74) is 14.3. The van der Waals surface area contributed by atoms with E-state index in [1.807, 2.05) is 6.07 Å². The Hall–Kier alpha value is -6.64. The van der Waals surface area contributed by atoms with Crippen molar-refractivity contribution < 1.29 is 4.42 Å². The van der Waals surface area contributed by atoms with Crippen molar-refractivity contribution in [1.29, 1.82) is 0 Å². The Labute approximate surface area is 292 Å². The molecule has 0 aliphatic carbocycles. The van der Waals surface area contributed by atoms with Gasteiger partial charge in [0.05, 0.1) is 11.1 Å². The van der Waals surface area contributed by atoms with Gasteiger partial charge in [0, 0.05) is 22.3 Å². The van der Waals surface area contributed by atoms with Crippen LogP contribution in [0.3, 0.4) is 0 Å². The maximum absolute atomic E-state index is 6.53. The third-order valence-corrected chi connectivity index (χ3v) is 9.49. The molecule has 0 bridgehead atoms. The maximum Gasteiger partial charge on any atom is 0.137 e. The molecule has 0 radical (unpaired) electrons. The Morgan fingerprint density at radius 1 is 0.320 bits per heavy atom. The molecule has 1 aromatic heterocycles. The van der Waals surface area contributed by atoms with E-state index < -0.39 is 0 Å². The molecule has 9 aromatic rings. The highest BCUT2D eigenvalue weighted by Gasteiger charge is 2.24. The molecule has 8 aromatic carbocycles. The van der Waals surface area contributed by atoms with Crippen LogP contribution in [-0.2, 0) is 0 Å². The summed E-state index contributed by atoms with van der Waals surface area (Å²) in [5.74, 6) is 0. The second-order valence-corrected chi connectivity index (χ2v) is 12.5. The van der Waals surface area contributed by atoms with Gasteiger partial charge in [0.2, 0.25) is 0 Å². The van der Waals surface area contributed by atoms with Crippen LogP contribution in [0.2, 0.25) is 0 Å². The first-order valence-corrected chi connectivity index (χ1v) is 17.0. The fourth-order valence-electron chi connectivity index (χ4n) is 7.04. The third-order valence-electron chi connectivity index (χ3n) is 9.49. The molecular weight excluding hydrogens is 607 g/mol. The van der Waals surface area contributed by atoms with Crippen molar-refractivity contribution in [3.8, 4) is 44.5 Å². The lowest BCUT2D eigenvalue weighted by atomic mass is 9.94. The van der Waals surface area contributed by atoms with Gasteiger partial charge in [-0.15, -0.1) is 0 Å². The Balaban J connectivity index is 1.30. The molecule has 0 amide bonds. The van der Waals surface area contributed by atoms with E-state index in [0.29, 0.717) is 0 Å². The summed E-state index contributed by atoms with van der Waals surface area (Å²) >= 11 is 0. The van der Waals surface area contributed by atoms with Crippen molar-refractivity contribution in [2.75, 3.05) is 4.90 Å². The molecule has 1 heterocycles. The van der Waals surface area contributed by atoms with Gasteiger partial charge >= 0.3 is 0 Å². The van der Waals surface area contributed by atoms with Crippen LogP contribution in [0.25, 0.3) is 66.4 Å². The average molecular weight is 640 g/mol. The van der Waals surface area contributed by atoms with Crippen LogP contribution in [0.15, 0.2) is 205 Å². The van der Waals surface area contributed by atoms with Gasteiger partial charge in [0.25, 0.3) is 0 Å². The second-order valence-electron chi connectivity index (χ2n) is 12.5. The minimum absolute atomic E-state index is 0.857. The SMILES string of the molecule is c1ccc(-c2ccc(N(c3ccc(-c4ccccc4)cc3)c3c(-c4cccc(-c5ccccc5)c4)ccc4oc5ccccc5c34)cc2)cc1. The van der Waals surface area contributed by atoms with E-state index >= 15 is 0 Å². The Morgan fingerprint density at radius 3 is 1.36 bits per heavy atom. The largest absolute Gasteiger partial charge is 0.456 e. The van der Waals surface area contributed by atoms with Crippen molar-refractivity contribution in [3.05, 3.63) is 200 Å². The van der Waals surface area contributed by atoms with Crippen LogP contribution in [0.4, 0.5) is 17.1 Å². The Kier molecular flexibility index (Phi) is 7.53. The average Bonchev–Trinajstić information content (AvgIpc) is 3.59. The zero-order valence-corrected chi connectivity index (χ0v) is 27.4. The van der Waals surface area contributed by atoms with E-state index in [2.05, 4.69) is 199 Å². The third kappa shape index (κ3) is 5.43. The summed E-state index contributed by atoms with van der Waals surface area (Å²) in [6.45, 7) is 0. The first-order valence-electron chi connectivity index (χ1n) is 17.0. The maximum atomic E-state index is 6.53. The van der Waals surface area contributed by atoms with Crippen LogP contribution < -0.4 is 4.90 Å². The van der Waals surface area contributed by atoms with Crippen LogP contribution in [-0.4, -0.2) is 0 Å². The molecule has 0 atom stereocenters. The summed E-state index contributed by atoms with van der Waals surface area (Å²) in [6, 6.07) is 71.1. The minimum atomic E-state index is 0.857. The van der Waals surface area contributed by atoms with Gasteiger partial charge < -0.3 is 9.32 Å². The highest BCUT2D eigenvalue weighted by atomic mass is 16.3. The van der Waals surface area contributed by atoms with Crippen molar-refractivity contribution in [2.24, 2.45) is 0 Å². The molecule has 0 spiro atoms. The van der Waals surface area contributed by atoms with Gasteiger partial charge in [-0.2, -0.15) is 0 Å². The topological polar surface area (TPSA) is 16.4 Å². The predicted octanol–water partition coefficient (Wildman–Crippen LogP) is 13.7. The van der Waals surface area contributed by atoms with E-state index in [4.69, 9.17) is 4.42 Å². The number of hydrogen-bond donors (Lipinski definition) is 0. The van der Waals surface area contributed by atoms with Gasteiger partial charge in [0.1, 0.15) is 11.2 Å². The lowest BCUT2D eigenvalue weighted by Gasteiger charge is -2.29. The molecule has 0 aliphatic rings. The smallest absolute Gasteiger partial charge is 0.137 e. The van der Waals surface area contributed by atoms with Crippen LogP contribution in [0, 0.1) is 0 Å². The number of furan rings is 1. The molecule has 2 nitrogen and oxygen atoms in total. The van der Waals surface area contributed by atoms with Gasteiger partial charge in [-0.05, 0) is 87.5 Å². The van der Waals surface area contributed by atoms with E-state index in [9.17, 15) is 0 Å². The van der Waals surface area contributed by atoms with E-state index in [1.54, 1.807) is 0 Å². The summed E-state index contributed by atoms with van der Waals surface area (Å²) < 4.78 is 6.53. The molecule has 0 fully saturated rings. The number of nitrogens with zero attached hydrogens (tertiary/aromatic N) is 1. The van der Waals surface area contributed by atoms with Gasteiger partial charge in [-0.3, -0.25) is 0 Å². The van der Waals surface area contributed by atoms with E-state index in [-0.39, 0.29) is 0 Å². The highest BCUT2D eigenvalue weighted by Crippen LogP contribution is 2.49. The van der Waals surface area contributed by atoms with Crippen LogP contribution >= 0.6 is 0 Å². The fourth-order valence-corrected chi connectivity index (χ4v) is 7.04. The fraction of sp³-hybridized carbons (Fsp3) is 0. The monoisotopic (exact) mass is 639 g/mol. The van der Waals surface area contributed by atoms with Gasteiger partial charge in [-0.25, -0.2) is 0 Å². The van der Waals surface area contributed by atoms with Crippen molar-refractivity contribution >= 4 is 39.0 Å². The van der Waals surface area contributed by atoms with Crippen LogP contribution in [0.5, 0.6) is 0 Å². The summed E-state index contributed by atoms with van der Waals surface area (Å²) in [6.07, 6.45) is 0. The molecular formula is C48H33NO. The van der Waals surface area contributed by atoms with Crippen molar-refractivity contribution in [1.82, 2.24) is 0 Å². The normalized spacial score (nSPS) is 11.2. The van der Waals surface area contributed by atoms with Gasteiger partial charge in [-0.1, -0.05) is 152 Å². The van der Waals surface area contributed by atoms with Crippen LogP contribution in [0.1, 0.15) is 0 Å². The first-order chi connectivity index (χ1) is 24.8. The lowest BCUT2D eigenvalue weighted by Crippen LogP contribution is -2.12. The molecule has 2 heteroatoms. The molecule has 0 saturated heterocycles. The highest BCUT2D eigenvalue weighted by molar-refractivity contribution is 6.17. The number of para-hydroxylation sites is 1. The number of anilines is 3. The van der Waals surface area contributed by atoms with E-state index in [1.165, 1.54) is 33.4 Å². The number of fused-ring (bicyclic) bond motifs is 3. The molecule has 236 valence electrons. The first kappa shape index (κ1) is 29.5. The summed E-state index contributed by atoms with van der Waals surface area (Å²) in [5, 5.41) is 2.17. The quantitative estimate of drug-likeness (QED) is 0.173. The molecule has 0 unspecified atom stereocenters. The zero-order valence-electron chi connectivity index (χ0n) is 27.4. The second kappa shape index (κ2) is 12.8. The zero-order chi connectivity index (χ0) is 33.3. The minimum Gasteiger partial charge on any atom is -0.456 e. The molecule has 50 heavy (non-hydrogen) atoms. The standard InChI is InChI=1S/C48H33NO/c1-4-13-34(14-5-1)37-23-27-41(28-24-37)49(42-29-25-38(26-30-42)35-15-6-2-7-16-35)48-43(31-32-46-47(48)44-21-10-11-22-45(44)50-46)40-20-12-19-39(33-40)36-17-8-3-9-18-36/h1-33H. The molecule has 0 saturated carbocycles. The van der Waals surface area contributed by atoms with Gasteiger partial charge in [0.15, 0.2) is 0 Å². The van der Waals surface area contributed by atoms with Crippen molar-refractivity contribution in [2.45, 2.75) is 0 Å². The number of rotatable bonds is 7. The summed E-state index contributed by atoms with van der Waals surface area (Å²) in [4.78, 5) is 2.40. The molecule has 0 N–H and O–H groups in total.